The van der Waals surface area contributed by atoms with E-state index in [1.165, 1.54) is 24.2 Å². The molecule has 0 aliphatic heterocycles. The number of carbonyl (C=O) groups is 1. The summed E-state index contributed by atoms with van der Waals surface area (Å²) in [6, 6.07) is 6.60. The van der Waals surface area contributed by atoms with Crippen LogP contribution in [-0.2, 0) is 0 Å². The van der Waals surface area contributed by atoms with E-state index in [9.17, 15) is 4.79 Å². The lowest BCUT2D eigenvalue weighted by atomic mass is 10.2. The third-order valence-electron chi connectivity index (χ3n) is 3.55. The SMILES string of the molecule is Nc1c(C(=O)NCCCNC2CC2)sc2cc(Br)ccc12. The topological polar surface area (TPSA) is 67.2 Å². The Morgan fingerprint density at radius 1 is 1.38 bits per heavy atom. The second kappa shape index (κ2) is 6.34. The first-order chi connectivity index (χ1) is 10.1. The molecule has 6 heteroatoms. The van der Waals surface area contributed by atoms with E-state index in [-0.39, 0.29) is 5.91 Å². The molecule has 0 spiro atoms. The highest BCUT2D eigenvalue weighted by Crippen LogP contribution is 2.35. The van der Waals surface area contributed by atoms with Gasteiger partial charge in [0.25, 0.3) is 5.91 Å². The number of nitrogens with two attached hydrogens (primary N) is 1. The van der Waals surface area contributed by atoms with Gasteiger partial charge in [0.15, 0.2) is 0 Å². The smallest absolute Gasteiger partial charge is 0.263 e. The Morgan fingerprint density at radius 2 is 2.19 bits per heavy atom. The van der Waals surface area contributed by atoms with E-state index in [2.05, 4.69) is 26.6 Å². The van der Waals surface area contributed by atoms with Crippen molar-refractivity contribution in [2.24, 2.45) is 0 Å². The number of hydrogen-bond acceptors (Lipinski definition) is 4. The minimum absolute atomic E-state index is 0.0729. The lowest BCUT2D eigenvalue weighted by Crippen LogP contribution is -2.27. The van der Waals surface area contributed by atoms with Crippen LogP contribution in [-0.4, -0.2) is 25.0 Å². The largest absolute Gasteiger partial charge is 0.397 e. The fraction of sp³-hybridized carbons (Fsp3) is 0.400. The Balaban J connectivity index is 1.59. The van der Waals surface area contributed by atoms with Gasteiger partial charge in [0.2, 0.25) is 0 Å². The van der Waals surface area contributed by atoms with E-state index < -0.39 is 0 Å². The molecule has 0 saturated heterocycles. The standard InChI is InChI=1S/C15H18BrN3OS/c16-9-2-5-11-12(8-9)21-14(13(11)17)15(20)19-7-1-6-18-10-3-4-10/h2,5,8,10,18H,1,3-4,6-7,17H2,(H,19,20). The molecule has 0 atom stereocenters. The lowest BCUT2D eigenvalue weighted by Gasteiger charge is -2.05. The van der Waals surface area contributed by atoms with E-state index in [0.29, 0.717) is 17.1 Å². The molecule has 1 fully saturated rings. The van der Waals surface area contributed by atoms with Crippen molar-refractivity contribution in [3.8, 4) is 0 Å². The number of fused-ring (bicyclic) bond motifs is 1. The fourth-order valence-corrected chi connectivity index (χ4v) is 3.81. The Kier molecular flexibility index (Phi) is 4.47. The summed E-state index contributed by atoms with van der Waals surface area (Å²) in [4.78, 5) is 12.8. The third kappa shape index (κ3) is 3.56. The molecule has 0 unspecified atom stereocenters. The molecule has 0 radical (unpaired) electrons. The second-order valence-corrected chi connectivity index (χ2v) is 7.29. The molecule has 1 saturated carbocycles. The molecular weight excluding hydrogens is 350 g/mol. The van der Waals surface area contributed by atoms with E-state index in [1.807, 2.05) is 18.2 Å². The number of hydrogen-bond donors (Lipinski definition) is 3. The summed E-state index contributed by atoms with van der Waals surface area (Å²) in [5.41, 5.74) is 6.67. The summed E-state index contributed by atoms with van der Waals surface area (Å²) in [7, 11) is 0. The van der Waals surface area contributed by atoms with Crippen LogP contribution in [0.1, 0.15) is 28.9 Å². The number of nitrogen functional groups attached to an aromatic ring is 1. The van der Waals surface area contributed by atoms with Gasteiger partial charge in [-0.25, -0.2) is 0 Å². The third-order valence-corrected chi connectivity index (χ3v) is 5.21. The zero-order chi connectivity index (χ0) is 14.8. The first-order valence-electron chi connectivity index (χ1n) is 7.14. The van der Waals surface area contributed by atoms with Gasteiger partial charge in [0.1, 0.15) is 4.88 Å². The van der Waals surface area contributed by atoms with Crippen LogP contribution in [0.5, 0.6) is 0 Å². The van der Waals surface area contributed by atoms with Gasteiger partial charge in [0.05, 0.1) is 5.69 Å². The van der Waals surface area contributed by atoms with Gasteiger partial charge in [-0.05, 0) is 37.9 Å². The maximum Gasteiger partial charge on any atom is 0.263 e. The molecule has 1 aliphatic rings. The molecule has 2 aromatic rings. The lowest BCUT2D eigenvalue weighted by molar-refractivity contribution is 0.0958. The molecule has 1 heterocycles. The van der Waals surface area contributed by atoms with E-state index in [4.69, 9.17) is 5.73 Å². The molecule has 21 heavy (non-hydrogen) atoms. The minimum atomic E-state index is -0.0729. The Bertz CT molecular complexity index is 666. The van der Waals surface area contributed by atoms with Gasteiger partial charge in [-0.1, -0.05) is 22.0 Å². The molecule has 3 rings (SSSR count). The molecule has 4 nitrogen and oxygen atoms in total. The van der Waals surface area contributed by atoms with E-state index in [1.54, 1.807) is 0 Å². The maximum atomic E-state index is 12.2. The second-order valence-electron chi connectivity index (χ2n) is 5.32. The van der Waals surface area contributed by atoms with Crippen LogP contribution in [0.15, 0.2) is 22.7 Å². The van der Waals surface area contributed by atoms with E-state index >= 15 is 0 Å². The molecule has 4 N–H and O–H groups in total. The number of thiophene rings is 1. The minimum Gasteiger partial charge on any atom is -0.397 e. The molecular formula is C15H18BrN3OS. The van der Waals surface area contributed by atoms with Gasteiger partial charge in [-0.3, -0.25) is 4.79 Å². The van der Waals surface area contributed by atoms with Gasteiger partial charge in [-0.15, -0.1) is 11.3 Å². The molecule has 1 aromatic heterocycles. The van der Waals surface area contributed by atoms with Crippen LogP contribution in [0.4, 0.5) is 5.69 Å². The van der Waals surface area contributed by atoms with Crippen molar-refractivity contribution >= 4 is 48.9 Å². The quantitative estimate of drug-likeness (QED) is 0.687. The number of benzene rings is 1. The Labute approximate surface area is 136 Å². The van der Waals surface area contributed by atoms with Crippen molar-refractivity contribution in [3.05, 3.63) is 27.5 Å². The fourth-order valence-electron chi connectivity index (χ4n) is 2.22. The number of nitrogens with one attached hydrogen (secondary N) is 2. The monoisotopic (exact) mass is 367 g/mol. The first kappa shape index (κ1) is 14.8. The number of rotatable bonds is 6. The molecule has 1 amide bonds. The Morgan fingerprint density at radius 3 is 2.95 bits per heavy atom. The van der Waals surface area contributed by atoms with Crippen LogP contribution in [0.3, 0.4) is 0 Å². The number of carbonyl (C=O) groups excluding carboxylic acids is 1. The number of amides is 1. The van der Waals surface area contributed by atoms with Gasteiger partial charge in [-0.2, -0.15) is 0 Å². The van der Waals surface area contributed by atoms with Crippen molar-refractivity contribution in [2.45, 2.75) is 25.3 Å². The number of anilines is 1. The number of halogens is 1. The van der Waals surface area contributed by atoms with Crippen LogP contribution in [0.2, 0.25) is 0 Å². The van der Waals surface area contributed by atoms with Crippen molar-refractivity contribution < 1.29 is 4.79 Å². The molecule has 1 aromatic carbocycles. The average molecular weight is 368 g/mol. The summed E-state index contributed by atoms with van der Waals surface area (Å²) < 4.78 is 2.02. The molecule has 1 aliphatic carbocycles. The van der Waals surface area contributed by atoms with E-state index in [0.717, 1.165) is 33.6 Å². The van der Waals surface area contributed by atoms with Crippen LogP contribution in [0, 0.1) is 0 Å². The summed E-state index contributed by atoms with van der Waals surface area (Å²) in [6.45, 7) is 1.63. The van der Waals surface area contributed by atoms with Crippen molar-refractivity contribution in [2.75, 3.05) is 18.8 Å². The van der Waals surface area contributed by atoms with Crippen molar-refractivity contribution in [3.63, 3.8) is 0 Å². The van der Waals surface area contributed by atoms with Gasteiger partial charge < -0.3 is 16.4 Å². The average Bonchev–Trinajstić information content (AvgIpc) is 3.22. The van der Waals surface area contributed by atoms with Crippen molar-refractivity contribution in [1.29, 1.82) is 0 Å². The molecule has 112 valence electrons. The summed E-state index contributed by atoms with van der Waals surface area (Å²) in [5, 5.41) is 7.33. The summed E-state index contributed by atoms with van der Waals surface area (Å²) in [5.74, 6) is -0.0729. The maximum absolute atomic E-state index is 12.2. The van der Waals surface area contributed by atoms with Crippen molar-refractivity contribution in [1.82, 2.24) is 10.6 Å². The predicted molar refractivity (Wildman–Crippen MR) is 91.9 cm³/mol. The zero-order valence-electron chi connectivity index (χ0n) is 11.6. The van der Waals surface area contributed by atoms with Crippen LogP contribution >= 0.6 is 27.3 Å². The highest BCUT2D eigenvalue weighted by molar-refractivity contribution is 9.10. The highest BCUT2D eigenvalue weighted by atomic mass is 79.9. The summed E-state index contributed by atoms with van der Waals surface area (Å²) in [6.07, 6.45) is 3.53. The normalized spacial score (nSPS) is 14.5. The van der Waals surface area contributed by atoms with Crippen LogP contribution < -0.4 is 16.4 Å². The summed E-state index contributed by atoms with van der Waals surface area (Å²) >= 11 is 4.88. The van der Waals surface area contributed by atoms with Gasteiger partial charge in [0, 0.05) is 27.1 Å². The highest BCUT2D eigenvalue weighted by Gasteiger charge is 2.19. The first-order valence-corrected chi connectivity index (χ1v) is 8.75. The van der Waals surface area contributed by atoms with Crippen LogP contribution in [0.25, 0.3) is 10.1 Å². The van der Waals surface area contributed by atoms with Gasteiger partial charge >= 0.3 is 0 Å². The predicted octanol–water partition coefficient (Wildman–Crippen LogP) is 3.12. The Hall–Kier alpha value is -1.11. The molecule has 0 bridgehead atoms. The zero-order valence-corrected chi connectivity index (χ0v) is 14.0.